The van der Waals surface area contributed by atoms with Gasteiger partial charge in [-0.1, -0.05) is 0 Å². The van der Waals surface area contributed by atoms with E-state index >= 15 is 0 Å². The van der Waals surface area contributed by atoms with E-state index in [-0.39, 0.29) is 23.9 Å². The van der Waals surface area contributed by atoms with Crippen LogP contribution in [0.5, 0.6) is 11.6 Å². The van der Waals surface area contributed by atoms with Gasteiger partial charge in [0.2, 0.25) is 11.8 Å². The number of oxazole rings is 1. The van der Waals surface area contributed by atoms with Crippen molar-refractivity contribution in [2.45, 2.75) is 25.4 Å². The lowest BCUT2D eigenvalue weighted by Gasteiger charge is -2.38. The highest BCUT2D eigenvalue weighted by atomic mass is 19.4. The summed E-state index contributed by atoms with van der Waals surface area (Å²) >= 11 is 0. The molecule has 1 unspecified atom stereocenters. The fraction of sp³-hybridized carbons (Fsp3) is 0.400. The van der Waals surface area contributed by atoms with Gasteiger partial charge >= 0.3 is 6.36 Å². The second-order valence-corrected chi connectivity index (χ2v) is 5.39. The van der Waals surface area contributed by atoms with E-state index in [0.29, 0.717) is 13.0 Å². The van der Waals surface area contributed by atoms with Crippen molar-refractivity contribution in [3.63, 3.8) is 0 Å². The Labute approximate surface area is 144 Å². The predicted octanol–water partition coefficient (Wildman–Crippen LogP) is 2.73. The molecular formula is C15H13F4N3O4. The second kappa shape index (κ2) is 7.18. The smallest absolute Gasteiger partial charge is 0.482 e. The van der Waals surface area contributed by atoms with E-state index in [0.717, 1.165) is 18.5 Å². The summed E-state index contributed by atoms with van der Waals surface area (Å²) in [6, 6.07) is 1.80. The number of amides is 1. The van der Waals surface area contributed by atoms with Crippen molar-refractivity contribution in [1.82, 2.24) is 14.9 Å². The zero-order chi connectivity index (χ0) is 18.7. The van der Waals surface area contributed by atoms with E-state index in [1.807, 2.05) is 0 Å². The van der Waals surface area contributed by atoms with Crippen LogP contribution in [-0.4, -0.2) is 46.4 Å². The molecule has 0 aliphatic carbocycles. The van der Waals surface area contributed by atoms with E-state index in [1.165, 1.54) is 11.0 Å². The molecule has 7 nitrogen and oxygen atoms in total. The number of hydrogen-bond donors (Lipinski definition) is 0. The summed E-state index contributed by atoms with van der Waals surface area (Å²) in [6.45, 7) is -0.314. The number of aromatic nitrogens is 2. The van der Waals surface area contributed by atoms with Gasteiger partial charge < -0.3 is 18.8 Å². The molecule has 0 N–H and O–H groups in total. The first kappa shape index (κ1) is 18.0. The minimum atomic E-state index is -4.83. The molecule has 140 valence electrons. The van der Waals surface area contributed by atoms with Crippen molar-refractivity contribution in [3.8, 4) is 11.6 Å². The van der Waals surface area contributed by atoms with Gasteiger partial charge in [-0.3, -0.25) is 4.79 Å². The zero-order valence-corrected chi connectivity index (χ0v) is 13.2. The fourth-order valence-corrected chi connectivity index (χ4v) is 2.27. The van der Waals surface area contributed by atoms with Crippen LogP contribution in [0.3, 0.4) is 0 Å². The molecule has 2 aromatic heterocycles. The lowest BCUT2D eigenvalue weighted by molar-refractivity contribution is -0.276. The molecule has 0 bridgehead atoms. The highest BCUT2D eigenvalue weighted by Crippen LogP contribution is 2.23. The first-order valence-electron chi connectivity index (χ1n) is 7.51. The summed E-state index contributed by atoms with van der Waals surface area (Å²) in [6.07, 6.45) is -2.03. The Morgan fingerprint density at radius 3 is 2.77 bits per heavy atom. The number of ether oxygens (including phenoxy) is 2. The van der Waals surface area contributed by atoms with Crippen LogP contribution in [0, 0.1) is 0 Å². The van der Waals surface area contributed by atoms with E-state index in [9.17, 15) is 22.4 Å². The number of rotatable bonds is 6. The second-order valence-electron chi connectivity index (χ2n) is 5.39. The topological polar surface area (TPSA) is 77.7 Å². The minimum Gasteiger partial charge on any atom is -0.482 e. The summed E-state index contributed by atoms with van der Waals surface area (Å²) in [5.74, 6) is -0.804. The molecule has 3 heterocycles. The van der Waals surface area contributed by atoms with Crippen molar-refractivity contribution in [2.24, 2.45) is 0 Å². The number of carbonyl (C=O) groups excluding carboxylic acids is 1. The highest BCUT2D eigenvalue weighted by molar-refractivity contribution is 5.92. The maximum atomic E-state index is 12.7. The van der Waals surface area contributed by atoms with Gasteiger partial charge in [0.25, 0.3) is 5.91 Å². The Morgan fingerprint density at radius 2 is 2.19 bits per heavy atom. The third kappa shape index (κ3) is 4.21. The Hall–Kier alpha value is -2.85. The number of hydrogen-bond acceptors (Lipinski definition) is 6. The molecule has 1 aliphatic heterocycles. The quantitative estimate of drug-likeness (QED) is 0.723. The van der Waals surface area contributed by atoms with Gasteiger partial charge in [0, 0.05) is 12.6 Å². The number of likely N-dealkylation sites (tertiary alicyclic amines) is 1. The average Bonchev–Trinajstić information content (AvgIpc) is 3.01. The Bertz CT molecular complexity index is 761. The van der Waals surface area contributed by atoms with Gasteiger partial charge in [0.05, 0.1) is 12.2 Å². The molecule has 1 saturated heterocycles. The summed E-state index contributed by atoms with van der Waals surface area (Å²) in [7, 11) is 0. The van der Waals surface area contributed by atoms with Crippen LogP contribution >= 0.6 is 0 Å². The van der Waals surface area contributed by atoms with Crippen LogP contribution in [0.4, 0.5) is 17.6 Å². The monoisotopic (exact) mass is 375 g/mol. The normalized spacial score (nSPS) is 16.9. The molecule has 26 heavy (non-hydrogen) atoms. The number of alkyl halides is 4. The lowest BCUT2D eigenvalue weighted by Crippen LogP contribution is -2.52. The van der Waals surface area contributed by atoms with Crippen molar-refractivity contribution >= 4 is 5.91 Å². The summed E-state index contributed by atoms with van der Waals surface area (Å²) in [5, 5.41) is 0. The van der Waals surface area contributed by atoms with Gasteiger partial charge in [-0.15, -0.1) is 13.2 Å². The van der Waals surface area contributed by atoms with E-state index in [2.05, 4.69) is 14.7 Å². The Morgan fingerprint density at radius 1 is 1.38 bits per heavy atom. The third-order valence-corrected chi connectivity index (χ3v) is 3.65. The van der Waals surface area contributed by atoms with Crippen LogP contribution in [-0.2, 0) is 6.61 Å². The van der Waals surface area contributed by atoms with E-state index < -0.39 is 30.9 Å². The summed E-state index contributed by atoms with van der Waals surface area (Å²) in [4.78, 5) is 20.9. The molecule has 0 saturated carbocycles. The molecule has 0 radical (unpaired) electrons. The van der Waals surface area contributed by atoms with Gasteiger partial charge in [-0.2, -0.15) is 0 Å². The molecular weight excluding hydrogens is 362 g/mol. The van der Waals surface area contributed by atoms with Crippen molar-refractivity contribution in [1.29, 1.82) is 0 Å². The van der Waals surface area contributed by atoms with Crippen molar-refractivity contribution in [3.05, 3.63) is 36.2 Å². The average molecular weight is 375 g/mol. The SMILES string of the molecule is O=C(c1coc(COc2ccc(OC(F)(F)F)nc2)n1)N1CCC1CF. The van der Waals surface area contributed by atoms with Gasteiger partial charge in [-0.25, -0.2) is 14.4 Å². The standard InChI is InChI=1S/C15H13F4N3O4/c16-5-9-3-4-22(9)14(23)11-7-25-13(21-11)8-24-10-1-2-12(20-6-10)26-15(17,18)19/h1-2,6-7,9H,3-5,8H2. The van der Waals surface area contributed by atoms with Crippen molar-refractivity contribution in [2.75, 3.05) is 13.2 Å². The molecule has 0 aromatic carbocycles. The summed E-state index contributed by atoms with van der Waals surface area (Å²) < 4.78 is 62.8. The van der Waals surface area contributed by atoms with Gasteiger partial charge in [-0.05, 0) is 12.5 Å². The fourth-order valence-electron chi connectivity index (χ4n) is 2.27. The largest absolute Gasteiger partial charge is 0.574 e. The van der Waals surface area contributed by atoms with Gasteiger partial charge in [0.1, 0.15) is 18.7 Å². The Kier molecular flexibility index (Phi) is 4.96. The number of nitrogens with zero attached hydrogens (tertiary/aromatic N) is 3. The number of pyridine rings is 1. The van der Waals surface area contributed by atoms with Crippen LogP contribution in [0.25, 0.3) is 0 Å². The van der Waals surface area contributed by atoms with Crippen LogP contribution in [0.2, 0.25) is 0 Å². The molecule has 11 heteroatoms. The van der Waals surface area contributed by atoms with E-state index in [4.69, 9.17) is 9.15 Å². The van der Waals surface area contributed by atoms with Crippen molar-refractivity contribution < 1.29 is 36.2 Å². The molecule has 1 atom stereocenters. The van der Waals surface area contributed by atoms with Gasteiger partial charge in [0.15, 0.2) is 12.3 Å². The number of carbonyl (C=O) groups is 1. The van der Waals surface area contributed by atoms with Crippen LogP contribution in [0.15, 0.2) is 29.0 Å². The highest BCUT2D eigenvalue weighted by Gasteiger charge is 2.34. The van der Waals surface area contributed by atoms with E-state index in [1.54, 1.807) is 0 Å². The molecule has 1 amide bonds. The molecule has 3 rings (SSSR count). The third-order valence-electron chi connectivity index (χ3n) is 3.65. The summed E-state index contributed by atoms with van der Waals surface area (Å²) in [5.41, 5.74) is 0.0359. The zero-order valence-electron chi connectivity index (χ0n) is 13.2. The molecule has 0 spiro atoms. The maximum absolute atomic E-state index is 12.7. The first-order chi connectivity index (χ1) is 12.4. The molecule has 1 aliphatic rings. The molecule has 1 fully saturated rings. The minimum absolute atomic E-state index is 0.0359. The number of halogens is 4. The first-order valence-corrected chi connectivity index (χ1v) is 7.51. The Balaban J connectivity index is 1.54. The van der Waals surface area contributed by atoms with Crippen LogP contribution < -0.4 is 9.47 Å². The molecule has 2 aromatic rings. The maximum Gasteiger partial charge on any atom is 0.574 e. The predicted molar refractivity (Wildman–Crippen MR) is 77.2 cm³/mol. The van der Waals surface area contributed by atoms with Crippen LogP contribution in [0.1, 0.15) is 22.8 Å². The lowest BCUT2D eigenvalue weighted by atomic mass is 10.0.